The molecule has 2 aromatic heterocycles. The predicted octanol–water partition coefficient (Wildman–Crippen LogP) is 2.84. The standard InChI is InChI=1S/C17H12FN3O/c1-10-6-17-19-9-11-7-13(12-4-2-3-5-14(12)18)16(22)8-15(11)21(17)20-10/h2-7,9H,8H2,1H3. The Morgan fingerprint density at radius 3 is 2.91 bits per heavy atom. The summed E-state index contributed by atoms with van der Waals surface area (Å²) in [6.07, 6.45) is 3.59. The third-order valence-corrected chi connectivity index (χ3v) is 3.83. The van der Waals surface area contributed by atoms with Gasteiger partial charge < -0.3 is 0 Å². The maximum Gasteiger partial charge on any atom is 0.169 e. The average molecular weight is 293 g/mol. The van der Waals surface area contributed by atoms with E-state index in [0.717, 1.165) is 17.0 Å². The van der Waals surface area contributed by atoms with Gasteiger partial charge in [0.05, 0.1) is 17.8 Å². The lowest BCUT2D eigenvalue weighted by molar-refractivity contribution is -0.113. The highest BCUT2D eigenvalue weighted by Gasteiger charge is 2.24. The van der Waals surface area contributed by atoms with Gasteiger partial charge in [0.2, 0.25) is 0 Å². The van der Waals surface area contributed by atoms with Crippen LogP contribution in [-0.4, -0.2) is 20.4 Å². The fraction of sp³-hybridized carbons (Fsp3) is 0.118. The second kappa shape index (κ2) is 4.59. The first kappa shape index (κ1) is 12.9. The SMILES string of the molecule is Cc1cc2ncc3c(n2n1)CC(=O)C(c1ccccc1F)=C3. The van der Waals surface area contributed by atoms with Crippen molar-refractivity contribution in [2.45, 2.75) is 13.3 Å². The number of carbonyl (C=O) groups excluding carboxylic acids is 1. The van der Waals surface area contributed by atoms with Crippen molar-refractivity contribution >= 4 is 23.1 Å². The minimum atomic E-state index is -0.394. The van der Waals surface area contributed by atoms with Gasteiger partial charge in [-0.25, -0.2) is 13.9 Å². The molecule has 0 spiro atoms. The lowest BCUT2D eigenvalue weighted by atomic mass is 9.91. The van der Waals surface area contributed by atoms with Gasteiger partial charge in [-0.3, -0.25) is 4.79 Å². The van der Waals surface area contributed by atoms with Gasteiger partial charge in [-0.15, -0.1) is 0 Å². The van der Waals surface area contributed by atoms with Gasteiger partial charge in [-0.2, -0.15) is 5.10 Å². The Labute approximate surface area is 125 Å². The molecule has 0 atom stereocenters. The van der Waals surface area contributed by atoms with Gasteiger partial charge in [-0.1, -0.05) is 18.2 Å². The van der Waals surface area contributed by atoms with Crippen LogP contribution in [0.2, 0.25) is 0 Å². The maximum atomic E-state index is 14.0. The molecular weight excluding hydrogens is 281 g/mol. The van der Waals surface area contributed by atoms with Gasteiger partial charge in [0, 0.05) is 29.0 Å². The quantitative estimate of drug-likeness (QED) is 0.693. The molecule has 0 amide bonds. The lowest BCUT2D eigenvalue weighted by Crippen LogP contribution is -2.16. The summed E-state index contributed by atoms with van der Waals surface area (Å²) in [5.41, 5.74) is 3.87. The summed E-state index contributed by atoms with van der Waals surface area (Å²) >= 11 is 0. The topological polar surface area (TPSA) is 47.3 Å². The Hall–Kier alpha value is -2.82. The number of nitrogens with zero attached hydrogens (tertiary/aromatic N) is 3. The molecule has 4 nitrogen and oxygen atoms in total. The van der Waals surface area contributed by atoms with E-state index in [1.807, 2.05) is 13.0 Å². The predicted molar refractivity (Wildman–Crippen MR) is 80.7 cm³/mol. The molecule has 1 aliphatic carbocycles. The average Bonchev–Trinajstić information content (AvgIpc) is 2.88. The third kappa shape index (κ3) is 1.86. The molecule has 0 unspecified atom stereocenters. The van der Waals surface area contributed by atoms with Crippen LogP contribution in [0, 0.1) is 12.7 Å². The highest BCUT2D eigenvalue weighted by Crippen LogP contribution is 2.29. The number of halogens is 1. The molecule has 0 saturated carbocycles. The normalized spacial score (nSPS) is 14.1. The molecular formula is C17H12FN3O. The van der Waals surface area contributed by atoms with E-state index >= 15 is 0 Å². The molecule has 0 aliphatic heterocycles. The number of Topliss-reactive ketones (excluding diaryl/α,β-unsaturated/α-hetero) is 1. The summed E-state index contributed by atoms with van der Waals surface area (Å²) in [6, 6.07) is 8.17. The van der Waals surface area contributed by atoms with Crippen molar-refractivity contribution in [1.29, 1.82) is 0 Å². The van der Waals surface area contributed by atoms with Crippen molar-refractivity contribution in [3.8, 4) is 0 Å². The van der Waals surface area contributed by atoms with Crippen LogP contribution in [0.1, 0.15) is 22.5 Å². The summed E-state index contributed by atoms with van der Waals surface area (Å²) in [6.45, 7) is 1.88. The van der Waals surface area contributed by atoms with Crippen LogP contribution in [0.4, 0.5) is 4.39 Å². The minimum absolute atomic E-state index is 0.113. The first-order chi connectivity index (χ1) is 10.6. The van der Waals surface area contributed by atoms with Crippen LogP contribution < -0.4 is 0 Å². The largest absolute Gasteiger partial charge is 0.294 e. The van der Waals surface area contributed by atoms with Gasteiger partial charge in [0.15, 0.2) is 11.4 Å². The molecule has 0 radical (unpaired) electrons. The Bertz CT molecular complexity index is 956. The number of aromatic nitrogens is 3. The van der Waals surface area contributed by atoms with Crippen molar-refractivity contribution in [1.82, 2.24) is 14.6 Å². The molecule has 5 heteroatoms. The molecule has 4 rings (SSSR count). The number of allylic oxidation sites excluding steroid dienone is 1. The van der Waals surface area contributed by atoms with Gasteiger partial charge in [0.1, 0.15) is 5.82 Å². The zero-order valence-electron chi connectivity index (χ0n) is 11.9. The van der Waals surface area contributed by atoms with Crippen molar-refractivity contribution in [2.75, 3.05) is 0 Å². The molecule has 0 bridgehead atoms. The molecule has 2 heterocycles. The molecule has 0 saturated heterocycles. The van der Waals surface area contributed by atoms with E-state index in [9.17, 15) is 9.18 Å². The van der Waals surface area contributed by atoms with E-state index < -0.39 is 5.82 Å². The van der Waals surface area contributed by atoms with Crippen LogP contribution in [0.5, 0.6) is 0 Å². The number of benzene rings is 1. The lowest BCUT2D eigenvalue weighted by Gasteiger charge is -2.16. The highest BCUT2D eigenvalue weighted by atomic mass is 19.1. The zero-order chi connectivity index (χ0) is 15.3. The maximum absolute atomic E-state index is 14.0. The smallest absolute Gasteiger partial charge is 0.169 e. The van der Waals surface area contributed by atoms with E-state index in [4.69, 9.17) is 0 Å². The Balaban J connectivity index is 1.94. The van der Waals surface area contributed by atoms with Crippen molar-refractivity contribution in [2.24, 2.45) is 0 Å². The van der Waals surface area contributed by atoms with Gasteiger partial charge in [0.25, 0.3) is 0 Å². The third-order valence-electron chi connectivity index (χ3n) is 3.83. The fourth-order valence-electron chi connectivity index (χ4n) is 2.80. The molecule has 3 aromatic rings. The van der Waals surface area contributed by atoms with E-state index in [0.29, 0.717) is 16.8 Å². The molecule has 1 aliphatic rings. The second-order valence-corrected chi connectivity index (χ2v) is 5.35. The minimum Gasteiger partial charge on any atom is -0.294 e. The number of aryl methyl sites for hydroxylation is 1. The van der Waals surface area contributed by atoms with Gasteiger partial charge in [-0.05, 0) is 19.1 Å². The van der Waals surface area contributed by atoms with Crippen LogP contribution in [0.25, 0.3) is 17.3 Å². The van der Waals surface area contributed by atoms with E-state index in [1.165, 1.54) is 6.07 Å². The number of carbonyl (C=O) groups is 1. The first-order valence-electron chi connectivity index (χ1n) is 6.97. The van der Waals surface area contributed by atoms with Crippen molar-refractivity contribution in [3.05, 3.63) is 64.9 Å². The zero-order valence-corrected chi connectivity index (χ0v) is 11.9. The first-order valence-corrected chi connectivity index (χ1v) is 6.97. The van der Waals surface area contributed by atoms with Crippen LogP contribution in [-0.2, 0) is 11.2 Å². The molecule has 108 valence electrons. The van der Waals surface area contributed by atoms with E-state index in [2.05, 4.69) is 10.1 Å². The summed E-state index contributed by atoms with van der Waals surface area (Å²) in [5.74, 6) is -0.507. The monoisotopic (exact) mass is 293 g/mol. The van der Waals surface area contributed by atoms with E-state index in [1.54, 1.807) is 35.0 Å². The molecule has 0 N–H and O–H groups in total. The molecule has 0 fully saturated rings. The number of ketones is 1. The van der Waals surface area contributed by atoms with Crippen LogP contribution in [0.15, 0.2) is 36.5 Å². The Morgan fingerprint density at radius 1 is 1.27 bits per heavy atom. The molecule has 22 heavy (non-hydrogen) atoms. The number of hydrogen-bond acceptors (Lipinski definition) is 3. The summed E-state index contributed by atoms with van der Waals surface area (Å²) in [5, 5.41) is 4.37. The van der Waals surface area contributed by atoms with Crippen LogP contribution >= 0.6 is 0 Å². The Kier molecular flexibility index (Phi) is 2.69. The van der Waals surface area contributed by atoms with Crippen molar-refractivity contribution in [3.63, 3.8) is 0 Å². The summed E-state index contributed by atoms with van der Waals surface area (Å²) < 4.78 is 15.6. The molecule has 1 aromatic carbocycles. The van der Waals surface area contributed by atoms with Crippen molar-refractivity contribution < 1.29 is 9.18 Å². The summed E-state index contributed by atoms with van der Waals surface area (Å²) in [4.78, 5) is 16.8. The number of rotatable bonds is 1. The Morgan fingerprint density at radius 2 is 2.09 bits per heavy atom. The number of fused-ring (bicyclic) bond motifs is 3. The van der Waals surface area contributed by atoms with Gasteiger partial charge >= 0.3 is 0 Å². The second-order valence-electron chi connectivity index (χ2n) is 5.35. The fourth-order valence-corrected chi connectivity index (χ4v) is 2.80. The number of hydrogen-bond donors (Lipinski definition) is 0. The van der Waals surface area contributed by atoms with Crippen LogP contribution in [0.3, 0.4) is 0 Å². The summed E-state index contributed by atoms with van der Waals surface area (Å²) in [7, 11) is 0. The highest BCUT2D eigenvalue weighted by molar-refractivity contribution is 6.27. The van der Waals surface area contributed by atoms with E-state index in [-0.39, 0.29) is 12.2 Å².